The van der Waals surface area contributed by atoms with E-state index in [9.17, 15) is 0 Å². The number of methoxy groups -OCH3 is 1. The molecule has 0 heterocycles. The standard InChI is InChI=1S/C24H23NO3/c1-18-9-13-22(14-10-18)27-17-19(2)24(28-23-7-5-4-6-8-23)25-20-11-15-21(26-3)16-12-20/h4-17H,1-3H3. The van der Waals surface area contributed by atoms with Gasteiger partial charge in [0.05, 0.1) is 19.1 Å². The number of benzene rings is 3. The van der Waals surface area contributed by atoms with Crippen molar-refractivity contribution in [3.63, 3.8) is 0 Å². The van der Waals surface area contributed by atoms with Gasteiger partial charge in [-0.2, -0.15) is 0 Å². The predicted octanol–water partition coefficient (Wildman–Crippen LogP) is 6.10. The molecule has 0 saturated carbocycles. The third-order valence-electron chi connectivity index (χ3n) is 3.99. The second-order valence-corrected chi connectivity index (χ2v) is 6.26. The van der Waals surface area contributed by atoms with Crippen molar-refractivity contribution in [2.75, 3.05) is 7.11 Å². The third kappa shape index (κ3) is 5.48. The molecule has 0 N–H and O–H groups in total. The molecule has 0 aliphatic carbocycles. The topological polar surface area (TPSA) is 40.0 Å². The fraction of sp³-hybridized carbons (Fsp3) is 0.125. The van der Waals surface area contributed by atoms with Crippen LogP contribution in [0.25, 0.3) is 0 Å². The largest absolute Gasteiger partial charge is 0.497 e. The van der Waals surface area contributed by atoms with E-state index in [0.29, 0.717) is 11.6 Å². The van der Waals surface area contributed by atoms with Crippen LogP contribution in [-0.2, 0) is 0 Å². The van der Waals surface area contributed by atoms with Crippen LogP contribution in [0.3, 0.4) is 0 Å². The molecule has 0 amide bonds. The molecule has 0 radical (unpaired) electrons. The molecule has 3 aromatic rings. The normalized spacial score (nSPS) is 11.8. The molecule has 0 unspecified atom stereocenters. The highest BCUT2D eigenvalue weighted by molar-refractivity contribution is 5.96. The fourth-order valence-corrected chi connectivity index (χ4v) is 2.39. The first-order valence-corrected chi connectivity index (χ1v) is 9.00. The van der Waals surface area contributed by atoms with Crippen molar-refractivity contribution in [2.45, 2.75) is 13.8 Å². The molecule has 3 aromatic carbocycles. The maximum atomic E-state index is 6.01. The van der Waals surface area contributed by atoms with E-state index in [1.165, 1.54) is 5.56 Å². The van der Waals surface area contributed by atoms with E-state index in [-0.39, 0.29) is 0 Å². The number of hydrogen-bond acceptors (Lipinski definition) is 4. The Balaban J connectivity index is 1.86. The number of ether oxygens (including phenoxy) is 3. The van der Waals surface area contributed by atoms with Gasteiger partial charge in [-0.25, -0.2) is 4.99 Å². The molecule has 0 saturated heterocycles. The van der Waals surface area contributed by atoms with Crippen molar-refractivity contribution in [1.29, 1.82) is 0 Å². The third-order valence-corrected chi connectivity index (χ3v) is 3.99. The minimum atomic E-state index is 0.462. The first-order chi connectivity index (χ1) is 13.6. The Morgan fingerprint density at radius 2 is 1.43 bits per heavy atom. The molecule has 0 atom stereocenters. The van der Waals surface area contributed by atoms with Crippen molar-refractivity contribution in [3.8, 4) is 17.2 Å². The quantitative estimate of drug-likeness (QED) is 0.298. The van der Waals surface area contributed by atoms with E-state index in [1.807, 2.05) is 92.7 Å². The van der Waals surface area contributed by atoms with E-state index in [0.717, 1.165) is 22.8 Å². The van der Waals surface area contributed by atoms with Crippen LogP contribution in [0.1, 0.15) is 12.5 Å². The first-order valence-electron chi connectivity index (χ1n) is 9.00. The molecule has 3 rings (SSSR count). The molecule has 142 valence electrons. The van der Waals surface area contributed by atoms with Crippen LogP contribution in [0.2, 0.25) is 0 Å². The van der Waals surface area contributed by atoms with Gasteiger partial charge in [0, 0.05) is 5.57 Å². The van der Waals surface area contributed by atoms with Crippen LogP contribution in [0.4, 0.5) is 5.69 Å². The average Bonchev–Trinajstić information content (AvgIpc) is 2.74. The maximum absolute atomic E-state index is 6.01. The summed E-state index contributed by atoms with van der Waals surface area (Å²) in [5, 5.41) is 0. The van der Waals surface area contributed by atoms with Gasteiger partial charge in [-0.3, -0.25) is 0 Å². The van der Waals surface area contributed by atoms with Crippen LogP contribution < -0.4 is 14.2 Å². The van der Waals surface area contributed by atoms with Gasteiger partial charge in [0.1, 0.15) is 17.2 Å². The van der Waals surface area contributed by atoms with Gasteiger partial charge in [0.2, 0.25) is 5.90 Å². The second-order valence-electron chi connectivity index (χ2n) is 6.26. The van der Waals surface area contributed by atoms with E-state index in [1.54, 1.807) is 13.4 Å². The van der Waals surface area contributed by atoms with Crippen LogP contribution in [0, 0.1) is 6.92 Å². The summed E-state index contributed by atoms with van der Waals surface area (Å²) < 4.78 is 17.0. The highest BCUT2D eigenvalue weighted by Crippen LogP contribution is 2.21. The van der Waals surface area contributed by atoms with Crippen molar-refractivity contribution in [3.05, 3.63) is 96.3 Å². The number of nitrogens with zero attached hydrogens (tertiary/aromatic N) is 1. The first kappa shape index (κ1) is 19.2. The number of hydrogen-bond donors (Lipinski definition) is 0. The van der Waals surface area contributed by atoms with E-state index < -0.39 is 0 Å². The zero-order valence-electron chi connectivity index (χ0n) is 16.3. The van der Waals surface area contributed by atoms with Crippen LogP contribution in [0.5, 0.6) is 17.2 Å². The summed E-state index contributed by atoms with van der Waals surface area (Å²) in [7, 11) is 1.64. The minimum Gasteiger partial charge on any atom is -0.497 e. The molecule has 0 bridgehead atoms. The zero-order valence-corrected chi connectivity index (χ0v) is 16.3. The van der Waals surface area contributed by atoms with Gasteiger partial charge in [-0.05, 0) is 62.4 Å². The van der Waals surface area contributed by atoms with Gasteiger partial charge in [-0.1, -0.05) is 35.9 Å². The molecule has 0 aromatic heterocycles. The second kappa shape index (κ2) is 9.42. The molecular weight excluding hydrogens is 350 g/mol. The Kier molecular flexibility index (Phi) is 6.47. The Labute approximate surface area is 165 Å². The summed E-state index contributed by atoms with van der Waals surface area (Å²) in [6.07, 6.45) is 1.65. The van der Waals surface area contributed by atoms with Crippen LogP contribution in [-0.4, -0.2) is 13.0 Å². The lowest BCUT2D eigenvalue weighted by Crippen LogP contribution is -2.10. The van der Waals surface area contributed by atoms with E-state index in [4.69, 9.17) is 14.2 Å². The highest BCUT2D eigenvalue weighted by atomic mass is 16.5. The summed E-state index contributed by atoms with van der Waals surface area (Å²) in [6, 6.07) is 24.9. The summed E-state index contributed by atoms with van der Waals surface area (Å²) in [5.41, 5.74) is 2.71. The van der Waals surface area contributed by atoms with Crippen molar-refractivity contribution in [2.24, 2.45) is 4.99 Å². The lowest BCUT2D eigenvalue weighted by Gasteiger charge is -2.10. The van der Waals surface area contributed by atoms with Gasteiger partial charge < -0.3 is 14.2 Å². The minimum absolute atomic E-state index is 0.462. The lowest BCUT2D eigenvalue weighted by atomic mass is 10.2. The number of rotatable bonds is 6. The molecule has 0 fully saturated rings. The smallest absolute Gasteiger partial charge is 0.225 e. The van der Waals surface area contributed by atoms with Crippen LogP contribution in [0.15, 0.2) is 95.7 Å². The highest BCUT2D eigenvalue weighted by Gasteiger charge is 2.08. The molecule has 0 aliphatic heterocycles. The molecule has 4 nitrogen and oxygen atoms in total. The van der Waals surface area contributed by atoms with Gasteiger partial charge in [0.15, 0.2) is 0 Å². The van der Waals surface area contributed by atoms with Crippen molar-refractivity contribution >= 4 is 11.6 Å². The lowest BCUT2D eigenvalue weighted by molar-refractivity contribution is 0.415. The molecular formula is C24H23NO3. The summed E-state index contributed by atoms with van der Waals surface area (Å²) in [4.78, 5) is 4.65. The Bertz CT molecular complexity index is 943. The van der Waals surface area contributed by atoms with Gasteiger partial charge in [0.25, 0.3) is 0 Å². The van der Waals surface area contributed by atoms with Gasteiger partial charge in [-0.15, -0.1) is 0 Å². The molecule has 0 spiro atoms. The molecule has 0 aliphatic rings. The van der Waals surface area contributed by atoms with Crippen LogP contribution >= 0.6 is 0 Å². The Morgan fingerprint density at radius 1 is 0.786 bits per heavy atom. The van der Waals surface area contributed by atoms with Gasteiger partial charge >= 0.3 is 0 Å². The van der Waals surface area contributed by atoms with Crippen molar-refractivity contribution in [1.82, 2.24) is 0 Å². The number of aliphatic imine (C=N–C) groups is 1. The fourth-order valence-electron chi connectivity index (χ4n) is 2.39. The Morgan fingerprint density at radius 3 is 2.07 bits per heavy atom. The monoisotopic (exact) mass is 373 g/mol. The maximum Gasteiger partial charge on any atom is 0.225 e. The van der Waals surface area contributed by atoms with Crippen molar-refractivity contribution < 1.29 is 14.2 Å². The summed E-state index contributed by atoms with van der Waals surface area (Å²) >= 11 is 0. The molecule has 28 heavy (non-hydrogen) atoms. The Hall–Kier alpha value is -3.53. The molecule has 4 heteroatoms. The summed E-state index contributed by atoms with van der Waals surface area (Å²) in [6.45, 7) is 3.94. The zero-order chi connectivity index (χ0) is 19.8. The number of para-hydroxylation sites is 1. The number of aryl methyl sites for hydroxylation is 1. The predicted molar refractivity (Wildman–Crippen MR) is 113 cm³/mol. The van der Waals surface area contributed by atoms with E-state index in [2.05, 4.69) is 4.99 Å². The average molecular weight is 373 g/mol. The van der Waals surface area contributed by atoms with E-state index >= 15 is 0 Å². The SMILES string of the molecule is COc1ccc(N=C(Oc2ccccc2)C(C)=COc2ccc(C)cc2)cc1. The summed E-state index contributed by atoms with van der Waals surface area (Å²) in [5.74, 6) is 2.70.